The first-order valence-electron chi connectivity index (χ1n) is 6.42. The van der Waals surface area contributed by atoms with Crippen LogP contribution in [-0.2, 0) is 11.3 Å². The number of hydrogen-bond acceptors (Lipinski definition) is 5. The fraction of sp³-hybridized carbons (Fsp3) is 0.214. The molecule has 0 radical (unpaired) electrons. The molecule has 3 aromatic rings. The van der Waals surface area contributed by atoms with Crippen LogP contribution in [0.15, 0.2) is 45.1 Å². The monoisotopic (exact) mass is 303 g/mol. The van der Waals surface area contributed by atoms with E-state index in [4.69, 9.17) is 4.42 Å². The molecule has 1 amide bonds. The molecule has 1 N–H and O–H groups in total. The van der Waals surface area contributed by atoms with E-state index in [1.807, 2.05) is 24.4 Å². The number of hydrogen-bond donors (Lipinski definition) is 1. The van der Waals surface area contributed by atoms with Crippen LogP contribution in [-0.4, -0.2) is 15.5 Å². The third-order valence-electron chi connectivity index (χ3n) is 3.07. The molecule has 0 aliphatic rings. The Balaban J connectivity index is 1.78. The van der Waals surface area contributed by atoms with Gasteiger partial charge in [-0.15, -0.1) is 11.3 Å². The third-order valence-corrected chi connectivity index (χ3v) is 4.13. The highest BCUT2D eigenvalue weighted by Gasteiger charge is 2.15. The molecule has 0 saturated heterocycles. The van der Waals surface area contributed by atoms with Gasteiger partial charge in [0.1, 0.15) is 6.54 Å². The minimum atomic E-state index is -0.581. The van der Waals surface area contributed by atoms with E-state index in [-0.39, 0.29) is 18.5 Å². The van der Waals surface area contributed by atoms with Gasteiger partial charge >= 0.3 is 5.76 Å². The Kier molecular flexibility index (Phi) is 3.57. The maximum atomic E-state index is 12.1. The molecular weight excluding hydrogens is 290 g/mol. The molecule has 0 spiro atoms. The number of thiophene rings is 1. The molecule has 0 aromatic carbocycles. The molecule has 1 unspecified atom stereocenters. The average molecular weight is 303 g/mol. The first-order valence-corrected chi connectivity index (χ1v) is 7.30. The Hall–Kier alpha value is -2.41. The van der Waals surface area contributed by atoms with E-state index in [0.29, 0.717) is 11.2 Å². The van der Waals surface area contributed by atoms with Crippen molar-refractivity contribution < 1.29 is 9.21 Å². The lowest BCUT2D eigenvalue weighted by atomic mass is 10.3. The molecule has 0 aliphatic heterocycles. The Morgan fingerprint density at radius 1 is 1.48 bits per heavy atom. The molecule has 3 aromatic heterocycles. The summed E-state index contributed by atoms with van der Waals surface area (Å²) < 4.78 is 6.27. The minimum Gasteiger partial charge on any atom is -0.406 e. The molecule has 7 heteroatoms. The number of nitrogens with zero attached hydrogens (tertiary/aromatic N) is 2. The van der Waals surface area contributed by atoms with E-state index in [2.05, 4.69) is 10.3 Å². The molecule has 3 rings (SSSR count). The van der Waals surface area contributed by atoms with Crippen molar-refractivity contribution in [2.24, 2.45) is 0 Å². The number of carbonyl (C=O) groups excluding carboxylic acids is 1. The second-order valence-electron chi connectivity index (χ2n) is 4.58. The zero-order valence-corrected chi connectivity index (χ0v) is 12.1. The number of fused-ring (bicyclic) bond motifs is 1. The maximum absolute atomic E-state index is 12.1. The van der Waals surface area contributed by atoms with E-state index >= 15 is 0 Å². The largest absolute Gasteiger partial charge is 0.421 e. The van der Waals surface area contributed by atoms with Crippen LogP contribution in [0.3, 0.4) is 0 Å². The van der Waals surface area contributed by atoms with Crippen LogP contribution in [0.4, 0.5) is 0 Å². The van der Waals surface area contributed by atoms with Crippen LogP contribution in [0.25, 0.3) is 11.2 Å². The molecule has 21 heavy (non-hydrogen) atoms. The molecule has 0 bridgehead atoms. The highest BCUT2D eigenvalue weighted by Crippen LogP contribution is 2.18. The number of pyridine rings is 1. The van der Waals surface area contributed by atoms with Crippen molar-refractivity contribution >= 4 is 28.5 Å². The molecule has 0 fully saturated rings. The van der Waals surface area contributed by atoms with Gasteiger partial charge in [0, 0.05) is 11.1 Å². The Morgan fingerprint density at radius 2 is 2.33 bits per heavy atom. The minimum absolute atomic E-state index is 0.0978. The van der Waals surface area contributed by atoms with Crippen molar-refractivity contribution in [1.29, 1.82) is 0 Å². The summed E-state index contributed by atoms with van der Waals surface area (Å²) in [5, 5.41) is 4.81. The van der Waals surface area contributed by atoms with E-state index in [9.17, 15) is 9.59 Å². The fourth-order valence-electron chi connectivity index (χ4n) is 2.08. The third kappa shape index (κ3) is 2.73. The summed E-state index contributed by atoms with van der Waals surface area (Å²) in [7, 11) is 0. The summed E-state index contributed by atoms with van der Waals surface area (Å²) in [6.45, 7) is 1.79. The SMILES string of the molecule is CC(NC(=O)Cn1c(=O)oc2cccnc21)c1cccs1. The second-order valence-corrected chi connectivity index (χ2v) is 5.56. The Labute approximate surface area is 124 Å². The van der Waals surface area contributed by atoms with Crippen molar-refractivity contribution in [3.63, 3.8) is 0 Å². The summed E-state index contributed by atoms with van der Waals surface area (Å²) in [6, 6.07) is 7.11. The van der Waals surface area contributed by atoms with Crippen LogP contribution in [0.5, 0.6) is 0 Å². The number of amides is 1. The van der Waals surface area contributed by atoms with Gasteiger partial charge in [-0.2, -0.15) is 0 Å². The van der Waals surface area contributed by atoms with Gasteiger partial charge in [0.15, 0.2) is 11.2 Å². The first kappa shape index (κ1) is 13.6. The number of aromatic nitrogens is 2. The second kappa shape index (κ2) is 5.53. The highest BCUT2D eigenvalue weighted by atomic mass is 32.1. The summed E-state index contributed by atoms with van der Waals surface area (Å²) in [4.78, 5) is 29.0. The summed E-state index contributed by atoms with van der Waals surface area (Å²) >= 11 is 1.57. The van der Waals surface area contributed by atoms with Gasteiger partial charge in [-0.05, 0) is 30.5 Å². The lowest BCUT2D eigenvalue weighted by molar-refractivity contribution is -0.122. The predicted octanol–water partition coefficient (Wildman–Crippen LogP) is 1.93. The number of nitrogens with one attached hydrogen (secondary N) is 1. The number of carbonyl (C=O) groups is 1. The quantitative estimate of drug-likeness (QED) is 0.799. The molecule has 6 nitrogen and oxygen atoms in total. The van der Waals surface area contributed by atoms with Crippen molar-refractivity contribution in [2.45, 2.75) is 19.5 Å². The van der Waals surface area contributed by atoms with E-state index in [1.165, 1.54) is 4.57 Å². The van der Waals surface area contributed by atoms with Gasteiger partial charge in [-0.25, -0.2) is 14.3 Å². The van der Waals surface area contributed by atoms with Crippen molar-refractivity contribution in [3.05, 3.63) is 51.3 Å². The van der Waals surface area contributed by atoms with Gasteiger partial charge in [-0.1, -0.05) is 6.07 Å². The first-order chi connectivity index (χ1) is 10.1. The average Bonchev–Trinajstić information content (AvgIpc) is 3.08. The van der Waals surface area contributed by atoms with Crippen LogP contribution in [0, 0.1) is 0 Å². The molecule has 108 valence electrons. The van der Waals surface area contributed by atoms with Gasteiger partial charge in [0.05, 0.1) is 6.04 Å². The molecule has 1 atom stereocenters. The van der Waals surface area contributed by atoms with E-state index in [1.54, 1.807) is 29.7 Å². The summed E-state index contributed by atoms with van der Waals surface area (Å²) in [5.41, 5.74) is 0.753. The lowest BCUT2D eigenvalue weighted by Crippen LogP contribution is -2.32. The Morgan fingerprint density at radius 3 is 3.10 bits per heavy atom. The maximum Gasteiger partial charge on any atom is 0.421 e. The van der Waals surface area contributed by atoms with Crippen molar-refractivity contribution in [1.82, 2.24) is 14.9 Å². The lowest BCUT2D eigenvalue weighted by Gasteiger charge is -2.12. The zero-order chi connectivity index (χ0) is 14.8. The fourth-order valence-corrected chi connectivity index (χ4v) is 2.81. The van der Waals surface area contributed by atoms with Crippen LogP contribution in [0.1, 0.15) is 17.8 Å². The topological polar surface area (TPSA) is 77.1 Å². The number of rotatable bonds is 4. The van der Waals surface area contributed by atoms with Gasteiger partial charge in [0.2, 0.25) is 5.91 Å². The van der Waals surface area contributed by atoms with Crippen LogP contribution >= 0.6 is 11.3 Å². The standard InChI is InChI=1S/C14H13N3O3S/c1-9(11-5-3-7-21-11)16-12(18)8-17-13-10(20-14(17)19)4-2-6-15-13/h2-7,9H,8H2,1H3,(H,16,18). The van der Waals surface area contributed by atoms with Crippen LogP contribution < -0.4 is 11.1 Å². The smallest absolute Gasteiger partial charge is 0.406 e. The van der Waals surface area contributed by atoms with Gasteiger partial charge < -0.3 is 9.73 Å². The Bertz CT molecular complexity index is 819. The zero-order valence-electron chi connectivity index (χ0n) is 11.3. The summed E-state index contributed by atoms with van der Waals surface area (Å²) in [5.74, 6) is -0.839. The van der Waals surface area contributed by atoms with E-state index in [0.717, 1.165) is 4.88 Å². The molecule has 3 heterocycles. The van der Waals surface area contributed by atoms with Crippen molar-refractivity contribution in [2.75, 3.05) is 0 Å². The van der Waals surface area contributed by atoms with Gasteiger partial charge in [-0.3, -0.25) is 4.79 Å². The highest BCUT2D eigenvalue weighted by molar-refractivity contribution is 7.10. The molecule has 0 saturated carbocycles. The van der Waals surface area contributed by atoms with Crippen LogP contribution in [0.2, 0.25) is 0 Å². The molecular formula is C14H13N3O3S. The predicted molar refractivity (Wildman–Crippen MR) is 79.1 cm³/mol. The van der Waals surface area contributed by atoms with Gasteiger partial charge in [0.25, 0.3) is 0 Å². The van der Waals surface area contributed by atoms with E-state index < -0.39 is 5.76 Å². The summed E-state index contributed by atoms with van der Waals surface area (Å²) in [6.07, 6.45) is 1.56. The molecule has 0 aliphatic carbocycles. The normalized spacial score (nSPS) is 12.4. The number of oxazole rings is 1. The van der Waals surface area contributed by atoms with Crippen molar-refractivity contribution in [3.8, 4) is 0 Å².